The summed E-state index contributed by atoms with van der Waals surface area (Å²) in [7, 11) is 1.12. The molecule has 1 heterocycles. The molecular weight excluding hydrogens is 334 g/mol. The van der Waals surface area contributed by atoms with Gasteiger partial charge in [0.25, 0.3) is 0 Å². The van der Waals surface area contributed by atoms with E-state index in [1.165, 1.54) is 7.11 Å². The van der Waals surface area contributed by atoms with Gasteiger partial charge in [-0.2, -0.15) is 0 Å². The van der Waals surface area contributed by atoms with Crippen LogP contribution in [0.5, 0.6) is 5.75 Å². The molecule has 0 aromatic heterocycles. The normalized spacial score (nSPS) is 24.2. The fraction of sp³-hybridized carbons (Fsp3) is 0.632. The summed E-state index contributed by atoms with van der Waals surface area (Å²) < 4.78 is 16.8. The van der Waals surface area contributed by atoms with Gasteiger partial charge in [0.05, 0.1) is 26.4 Å². The Kier molecular flexibility index (Phi) is 5.96. The van der Waals surface area contributed by atoms with Crippen LogP contribution < -0.4 is 10.1 Å². The van der Waals surface area contributed by atoms with E-state index in [2.05, 4.69) is 39.2 Å². The number of carbonyl (C=O) groups excluding carboxylic acids is 1. The second kappa shape index (κ2) is 7.48. The van der Waals surface area contributed by atoms with Crippen LogP contribution in [-0.2, 0) is 14.0 Å². The summed E-state index contributed by atoms with van der Waals surface area (Å²) in [6.45, 7) is 11.2. The molecule has 1 unspecified atom stereocenters. The Labute approximate surface area is 152 Å². The third kappa shape index (κ3) is 4.43. The maximum atomic E-state index is 12.1. The van der Waals surface area contributed by atoms with Crippen LogP contribution in [0, 0.1) is 0 Å². The zero-order chi connectivity index (χ0) is 18.8. The molecule has 25 heavy (non-hydrogen) atoms. The van der Waals surface area contributed by atoms with Crippen molar-refractivity contribution in [3.63, 3.8) is 0 Å². The van der Waals surface area contributed by atoms with Gasteiger partial charge < -0.3 is 13.9 Å². The molecule has 0 amide bonds. The lowest BCUT2D eigenvalue weighted by atomic mass is 10.0. The number of nitrogens with one attached hydrogen (secondary N) is 1. The third-order valence-corrected chi connectivity index (χ3v) is 9.94. The van der Waals surface area contributed by atoms with E-state index in [-0.39, 0.29) is 29.2 Å². The van der Waals surface area contributed by atoms with Crippen molar-refractivity contribution in [3.8, 4) is 5.75 Å². The molecule has 1 fully saturated rings. The Morgan fingerprint density at radius 1 is 1.16 bits per heavy atom. The molecule has 3 atom stereocenters. The first-order chi connectivity index (χ1) is 11.6. The molecule has 0 saturated carbocycles. The zero-order valence-electron chi connectivity index (χ0n) is 16.4. The van der Waals surface area contributed by atoms with Gasteiger partial charge in [-0.05, 0) is 35.8 Å². The van der Waals surface area contributed by atoms with Crippen molar-refractivity contribution in [2.24, 2.45) is 0 Å². The first-order valence-corrected chi connectivity index (χ1v) is 11.7. The number of hydrogen-bond donors (Lipinski definition) is 1. The highest BCUT2D eigenvalue weighted by molar-refractivity contribution is 6.74. The molecule has 0 radical (unpaired) electrons. The Hall–Kier alpha value is -1.37. The number of ether oxygens (including phenoxy) is 2. The highest BCUT2D eigenvalue weighted by atomic mass is 28.4. The van der Waals surface area contributed by atoms with Gasteiger partial charge in [-0.15, -0.1) is 0 Å². The van der Waals surface area contributed by atoms with Crippen molar-refractivity contribution in [2.75, 3.05) is 14.2 Å². The van der Waals surface area contributed by atoms with E-state index in [1.54, 1.807) is 7.11 Å². The van der Waals surface area contributed by atoms with Crippen LogP contribution in [0.1, 0.15) is 38.8 Å². The fourth-order valence-electron chi connectivity index (χ4n) is 2.86. The van der Waals surface area contributed by atoms with Crippen molar-refractivity contribution in [1.29, 1.82) is 0 Å². The molecule has 1 aromatic rings. The molecule has 5 nitrogen and oxygen atoms in total. The molecule has 0 aliphatic carbocycles. The van der Waals surface area contributed by atoms with Crippen LogP contribution in [0.25, 0.3) is 0 Å². The van der Waals surface area contributed by atoms with Crippen molar-refractivity contribution in [2.45, 2.75) is 63.5 Å². The monoisotopic (exact) mass is 365 g/mol. The molecule has 0 bridgehead atoms. The summed E-state index contributed by atoms with van der Waals surface area (Å²) in [5.74, 6) is 0.577. The van der Waals surface area contributed by atoms with Crippen molar-refractivity contribution in [3.05, 3.63) is 29.8 Å². The Morgan fingerprint density at radius 2 is 1.76 bits per heavy atom. The first-order valence-electron chi connectivity index (χ1n) is 8.74. The van der Waals surface area contributed by atoms with E-state index in [4.69, 9.17) is 13.9 Å². The Balaban J connectivity index is 2.27. The van der Waals surface area contributed by atoms with Gasteiger partial charge in [0.2, 0.25) is 0 Å². The summed E-state index contributed by atoms with van der Waals surface area (Å²) in [6, 6.07) is 7.55. The van der Waals surface area contributed by atoms with Gasteiger partial charge in [-0.1, -0.05) is 32.9 Å². The fourth-order valence-corrected chi connectivity index (χ4v) is 4.20. The number of rotatable bonds is 5. The van der Waals surface area contributed by atoms with E-state index in [9.17, 15) is 4.79 Å². The van der Waals surface area contributed by atoms with Crippen LogP contribution in [0.15, 0.2) is 24.3 Å². The van der Waals surface area contributed by atoms with Crippen LogP contribution in [0.2, 0.25) is 18.1 Å². The third-order valence-electron chi connectivity index (χ3n) is 5.43. The predicted octanol–water partition coefficient (Wildman–Crippen LogP) is 3.66. The van der Waals surface area contributed by atoms with E-state index >= 15 is 0 Å². The zero-order valence-corrected chi connectivity index (χ0v) is 17.4. The number of benzene rings is 1. The minimum atomic E-state index is -1.95. The summed E-state index contributed by atoms with van der Waals surface area (Å²) >= 11 is 0. The van der Waals surface area contributed by atoms with Crippen molar-refractivity contribution in [1.82, 2.24) is 5.32 Å². The minimum absolute atomic E-state index is 0.0378. The standard InChI is InChI=1S/C19H31NO4Si/c1-19(2,3)25(6,7)24-16-12-15(18(21)23-5)20-17(16)13-8-10-14(22-4)11-9-13/h8-11,15-17,20H,12H2,1-7H3/t15-,16?,17-/m0/s1. The SMILES string of the molecule is COC(=O)[C@@H]1CC(O[Si](C)(C)C(C)(C)C)[C@H](c2ccc(OC)cc2)N1. The first kappa shape index (κ1) is 19.9. The summed E-state index contributed by atoms with van der Waals surface area (Å²) in [4.78, 5) is 12.1. The number of methoxy groups -OCH3 is 2. The quantitative estimate of drug-likeness (QED) is 0.637. The van der Waals surface area contributed by atoms with Gasteiger partial charge in [0.15, 0.2) is 8.32 Å². The van der Waals surface area contributed by atoms with Gasteiger partial charge >= 0.3 is 5.97 Å². The van der Waals surface area contributed by atoms with Crippen LogP contribution in [0.4, 0.5) is 0 Å². The number of esters is 1. The van der Waals surface area contributed by atoms with Crippen molar-refractivity contribution < 1.29 is 18.7 Å². The summed E-state index contributed by atoms with van der Waals surface area (Å²) in [6.07, 6.45) is 0.564. The molecule has 1 saturated heterocycles. The summed E-state index contributed by atoms with van der Waals surface area (Å²) in [5.41, 5.74) is 1.09. The Morgan fingerprint density at radius 3 is 2.24 bits per heavy atom. The predicted molar refractivity (Wildman–Crippen MR) is 101 cm³/mol. The lowest BCUT2D eigenvalue weighted by Crippen LogP contribution is -2.45. The smallest absolute Gasteiger partial charge is 0.322 e. The molecule has 140 valence electrons. The van der Waals surface area contributed by atoms with Crippen LogP contribution in [0.3, 0.4) is 0 Å². The molecule has 1 aliphatic heterocycles. The van der Waals surface area contributed by atoms with E-state index in [1.807, 2.05) is 24.3 Å². The second-order valence-corrected chi connectivity index (χ2v) is 12.9. The highest BCUT2D eigenvalue weighted by Gasteiger charge is 2.45. The topological polar surface area (TPSA) is 56.8 Å². The molecule has 2 rings (SSSR count). The van der Waals surface area contributed by atoms with Gasteiger partial charge in [0, 0.05) is 6.42 Å². The minimum Gasteiger partial charge on any atom is -0.497 e. The summed E-state index contributed by atoms with van der Waals surface area (Å²) in [5, 5.41) is 3.51. The molecule has 1 aromatic carbocycles. The lowest BCUT2D eigenvalue weighted by Gasteiger charge is -2.39. The second-order valence-electron chi connectivity index (χ2n) is 8.15. The van der Waals surface area contributed by atoms with E-state index < -0.39 is 8.32 Å². The number of hydrogen-bond acceptors (Lipinski definition) is 5. The number of carbonyl (C=O) groups is 1. The average molecular weight is 366 g/mol. The van der Waals surface area contributed by atoms with E-state index in [0.717, 1.165) is 11.3 Å². The lowest BCUT2D eigenvalue weighted by molar-refractivity contribution is -0.142. The van der Waals surface area contributed by atoms with Crippen LogP contribution in [-0.4, -0.2) is 40.7 Å². The molecule has 1 N–H and O–H groups in total. The molecular formula is C19H31NO4Si. The van der Waals surface area contributed by atoms with E-state index in [0.29, 0.717) is 6.42 Å². The van der Waals surface area contributed by atoms with Gasteiger partial charge in [-0.3, -0.25) is 10.1 Å². The molecule has 0 spiro atoms. The molecule has 1 aliphatic rings. The largest absolute Gasteiger partial charge is 0.497 e. The maximum Gasteiger partial charge on any atom is 0.322 e. The molecule has 6 heteroatoms. The van der Waals surface area contributed by atoms with Gasteiger partial charge in [-0.25, -0.2) is 0 Å². The highest BCUT2D eigenvalue weighted by Crippen LogP contribution is 2.41. The van der Waals surface area contributed by atoms with Gasteiger partial charge in [0.1, 0.15) is 11.8 Å². The van der Waals surface area contributed by atoms with Crippen LogP contribution >= 0.6 is 0 Å². The Bertz CT molecular complexity index is 594. The van der Waals surface area contributed by atoms with Crippen molar-refractivity contribution >= 4 is 14.3 Å². The maximum absolute atomic E-state index is 12.1. The average Bonchev–Trinajstić information content (AvgIpc) is 2.96.